The van der Waals surface area contributed by atoms with Gasteiger partial charge in [-0.2, -0.15) is 5.10 Å². The number of hydrogen-bond acceptors (Lipinski definition) is 4. The number of aliphatic hydroxyl groups is 1. The Morgan fingerprint density at radius 1 is 1.04 bits per heavy atom. The summed E-state index contributed by atoms with van der Waals surface area (Å²) in [5.74, 6) is 0. The highest BCUT2D eigenvalue weighted by Gasteiger charge is 2.14. The quantitative estimate of drug-likeness (QED) is 0.761. The van der Waals surface area contributed by atoms with Gasteiger partial charge in [0.15, 0.2) is 0 Å². The molecule has 2 aromatic carbocycles. The Morgan fingerprint density at radius 3 is 2.26 bits per heavy atom. The summed E-state index contributed by atoms with van der Waals surface area (Å²) >= 11 is 0. The molecule has 3 N–H and O–H groups in total. The summed E-state index contributed by atoms with van der Waals surface area (Å²) in [6.45, 7) is -0.139. The Morgan fingerprint density at radius 2 is 1.70 bits per heavy atom. The van der Waals surface area contributed by atoms with Crippen LogP contribution in [0.4, 0.5) is 0 Å². The fourth-order valence-corrected chi connectivity index (χ4v) is 2.89. The minimum atomic E-state index is -3.73. The Hall–Kier alpha value is -2.48. The lowest BCUT2D eigenvalue weighted by molar-refractivity contribution is 0.282. The highest BCUT2D eigenvalue weighted by molar-refractivity contribution is 7.89. The number of aromatic nitrogens is 2. The summed E-state index contributed by atoms with van der Waals surface area (Å²) in [6.07, 6.45) is 1.59. The first-order valence-electron chi connectivity index (χ1n) is 6.87. The molecular formula is C16H15N3O3S. The van der Waals surface area contributed by atoms with E-state index in [-0.39, 0.29) is 11.5 Å². The van der Waals surface area contributed by atoms with Gasteiger partial charge in [-0.05, 0) is 24.3 Å². The van der Waals surface area contributed by atoms with Crippen LogP contribution in [-0.2, 0) is 16.6 Å². The minimum Gasteiger partial charge on any atom is -0.392 e. The second kappa shape index (κ2) is 5.96. The zero-order chi connectivity index (χ0) is 16.4. The van der Waals surface area contributed by atoms with Crippen molar-refractivity contribution in [2.75, 3.05) is 0 Å². The smallest absolute Gasteiger partial charge is 0.238 e. The normalized spacial score (nSPS) is 11.6. The van der Waals surface area contributed by atoms with E-state index in [0.717, 1.165) is 11.3 Å². The van der Waals surface area contributed by atoms with Crippen LogP contribution in [0.5, 0.6) is 0 Å². The van der Waals surface area contributed by atoms with E-state index in [1.165, 1.54) is 12.1 Å². The topological polar surface area (TPSA) is 98.2 Å². The molecule has 3 rings (SSSR count). The predicted octanol–water partition coefficient (Wildman–Crippen LogP) is 1.68. The van der Waals surface area contributed by atoms with E-state index < -0.39 is 10.0 Å². The Balaban J connectivity index is 2.13. The summed E-state index contributed by atoms with van der Waals surface area (Å²) in [7, 11) is -3.73. The van der Waals surface area contributed by atoms with E-state index in [1.807, 2.05) is 30.3 Å². The maximum Gasteiger partial charge on any atom is 0.238 e. The van der Waals surface area contributed by atoms with E-state index in [2.05, 4.69) is 5.10 Å². The molecule has 0 fully saturated rings. The molecule has 0 atom stereocenters. The first-order chi connectivity index (χ1) is 11.0. The van der Waals surface area contributed by atoms with Crippen molar-refractivity contribution in [3.05, 3.63) is 66.4 Å². The molecule has 0 amide bonds. The highest BCUT2D eigenvalue weighted by atomic mass is 32.2. The SMILES string of the molecule is NS(=O)(=O)c1ccc(-n2ncc(CO)c2-c2ccccc2)cc1. The molecule has 118 valence electrons. The van der Waals surface area contributed by atoms with Crippen molar-refractivity contribution >= 4 is 10.0 Å². The molecule has 6 nitrogen and oxygen atoms in total. The van der Waals surface area contributed by atoms with E-state index in [4.69, 9.17) is 5.14 Å². The molecule has 23 heavy (non-hydrogen) atoms. The van der Waals surface area contributed by atoms with Crippen LogP contribution in [0.1, 0.15) is 5.56 Å². The average Bonchev–Trinajstić information content (AvgIpc) is 2.99. The van der Waals surface area contributed by atoms with Gasteiger partial charge >= 0.3 is 0 Å². The van der Waals surface area contributed by atoms with E-state index in [1.54, 1.807) is 23.0 Å². The third kappa shape index (κ3) is 3.02. The van der Waals surface area contributed by atoms with Crippen molar-refractivity contribution in [1.82, 2.24) is 9.78 Å². The van der Waals surface area contributed by atoms with E-state index in [0.29, 0.717) is 11.3 Å². The van der Waals surface area contributed by atoms with Gasteiger partial charge in [-0.15, -0.1) is 0 Å². The maximum atomic E-state index is 11.3. The molecule has 7 heteroatoms. The van der Waals surface area contributed by atoms with Crippen molar-refractivity contribution in [1.29, 1.82) is 0 Å². The monoisotopic (exact) mass is 329 g/mol. The molecule has 1 aromatic heterocycles. The van der Waals surface area contributed by atoms with Crippen molar-refractivity contribution < 1.29 is 13.5 Å². The minimum absolute atomic E-state index is 0.0389. The molecule has 0 aliphatic heterocycles. The van der Waals surface area contributed by atoms with Gasteiger partial charge in [-0.3, -0.25) is 0 Å². The second-order valence-corrected chi connectivity index (χ2v) is 6.55. The molecule has 1 heterocycles. The van der Waals surface area contributed by atoms with Crippen molar-refractivity contribution in [3.8, 4) is 16.9 Å². The first kappa shape index (κ1) is 15.4. The number of nitrogens with zero attached hydrogens (tertiary/aromatic N) is 2. The lowest BCUT2D eigenvalue weighted by atomic mass is 10.1. The number of primary sulfonamides is 1. The molecule has 0 aliphatic carbocycles. The lowest BCUT2D eigenvalue weighted by Crippen LogP contribution is -2.12. The van der Waals surface area contributed by atoms with Gasteiger partial charge in [0, 0.05) is 11.1 Å². The second-order valence-electron chi connectivity index (χ2n) is 4.99. The number of hydrogen-bond donors (Lipinski definition) is 2. The van der Waals surface area contributed by atoms with Crippen LogP contribution in [-0.4, -0.2) is 23.3 Å². The summed E-state index contributed by atoms with van der Waals surface area (Å²) in [4.78, 5) is 0.0389. The summed E-state index contributed by atoms with van der Waals surface area (Å²) in [6, 6.07) is 15.7. The Bertz CT molecular complexity index is 917. The molecule has 0 saturated heterocycles. The van der Waals surface area contributed by atoms with Gasteiger partial charge in [0.1, 0.15) is 0 Å². The number of benzene rings is 2. The molecule has 0 aliphatic rings. The Kier molecular flexibility index (Phi) is 3.99. The lowest BCUT2D eigenvalue weighted by Gasteiger charge is -2.10. The number of aliphatic hydroxyl groups excluding tert-OH is 1. The predicted molar refractivity (Wildman–Crippen MR) is 86.3 cm³/mol. The third-order valence-electron chi connectivity index (χ3n) is 3.47. The first-order valence-corrected chi connectivity index (χ1v) is 8.42. The van der Waals surface area contributed by atoms with Crippen molar-refractivity contribution in [2.24, 2.45) is 5.14 Å². The van der Waals surface area contributed by atoms with Gasteiger partial charge in [0.2, 0.25) is 10.0 Å². The van der Waals surface area contributed by atoms with Crippen LogP contribution in [0, 0.1) is 0 Å². The number of rotatable bonds is 4. The zero-order valence-corrected chi connectivity index (χ0v) is 12.9. The largest absolute Gasteiger partial charge is 0.392 e. The third-order valence-corrected chi connectivity index (χ3v) is 4.40. The average molecular weight is 329 g/mol. The van der Waals surface area contributed by atoms with Crippen molar-refractivity contribution in [3.63, 3.8) is 0 Å². The van der Waals surface area contributed by atoms with Gasteiger partial charge in [0.25, 0.3) is 0 Å². The summed E-state index contributed by atoms with van der Waals surface area (Å²) in [5.41, 5.74) is 3.03. The van der Waals surface area contributed by atoms with Crippen LogP contribution < -0.4 is 5.14 Å². The van der Waals surface area contributed by atoms with Crippen LogP contribution in [0.15, 0.2) is 65.7 Å². The van der Waals surface area contributed by atoms with E-state index >= 15 is 0 Å². The van der Waals surface area contributed by atoms with Gasteiger partial charge in [-0.25, -0.2) is 18.2 Å². The molecule has 0 saturated carbocycles. The number of nitrogens with two attached hydrogens (primary N) is 1. The molecular weight excluding hydrogens is 314 g/mol. The molecule has 0 unspecified atom stereocenters. The van der Waals surface area contributed by atoms with Crippen LogP contribution in [0.25, 0.3) is 16.9 Å². The standard InChI is InChI=1S/C16H15N3O3S/c17-23(21,22)15-8-6-14(7-9-15)19-16(13(11-20)10-18-19)12-4-2-1-3-5-12/h1-10,20H,11H2,(H2,17,21,22). The molecule has 3 aromatic rings. The van der Waals surface area contributed by atoms with Crippen LogP contribution in [0.3, 0.4) is 0 Å². The van der Waals surface area contributed by atoms with Crippen LogP contribution in [0.2, 0.25) is 0 Å². The fourth-order valence-electron chi connectivity index (χ4n) is 2.37. The van der Waals surface area contributed by atoms with E-state index in [9.17, 15) is 13.5 Å². The molecule has 0 spiro atoms. The maximum absolute atomic E-state index is 11.3. The van der Waals surface area contributed by atoms with Gasteiger partial charge in [-0.1, -0.05) is 30.3 Å². The molecule has 0 bridgehead atoms. The van der Waals surface area contributed by atoms with Crippen LogP contribution >= 0.6 is 0 Å². The zero-order valence-electron chi connectivity index (χ0n) is 12.1. The number of sulfonamides is 1. The van der Waals surface area contributed by atoms with Gasteiger partial charge < -0.3 is 5.11 Å². The molecule has 0 radical (unpaired) electrons. The summed E-state index contributed by atoms with van der Waals surface area (Å²) < 4.78 is 24.3. The van der Waals surface area contributed by atoms with Gasteiger partial charge in [0.05, 0.1) is 29.1 Å². The highest BCUT2D eigenvalue weighted by Crippen LogP contribution is 2.27. The fraction of sp³-hybridized carbons (Fsp3) is 0.0625. The summed E-state index contributed by atoms with van der Waals surface area (Å²) in [5, 5.41) is 19.0. The Labute approximate surface area is 133 Å². The van der Waals surface area contributed by atoms with Crippen molar-refractivity contribution in [2.45, 2.75) is 11.5 Å².